The van der Waals surface area contributed by atoms with Crippen LogP contribution in [0.2, 0.25) is 0 Å². The van der Waals surface area contributed by atoms with Gasteiger partial charge in [-0.05, 0) is 37.7 Å². The van der Waals surface area contributed by atoms with Gasteiger partial charge in [-0.2, -0.15) is 0 Å². The highest BCUT2D eigenvalue weighted by Crippen LogP contribution is 2.34. The number of aromatic nitrogens is 2. The van der Waals surface area contributed by atoms with Crippen molar-refractivity contribution in [2.45, 2.75) is 58.0 Å². The van der Waals surface area contributed by atoms with Crippen LogP contribution in [0.5, 0.6) is 0 Å². The lowest BCUT2D eigenvalue weighted by Gasteiger charge is -2.28. The first-order chi connectivity index (χ1) is 13.4. The Morgan fingerprint density at radius 3 is 2.93 bits per heavy atom. The summed E-state index contributed by atoms with van der Waals surface area (Å²) in [5.74, 6) is -0.0555. The number of thiophene rings is 1. The van der Waals surface area contributed by atoms with Crippen molar-refractivity contribution < 1.29 is 13.2 Å². The summed E-state index contributed by atoms with van der Waals surface area (Å²) < 4.78 is 25.1. The van der Waals surface area contributed by atoms with E-state index in [1.165, 1.54) is 15.8 Å². The second-order valence-corrected chi connectivity index (χ2v) is 11.0. The van der Waals surface area contributed by atoms with E-state index < -0.39 is 9.84 Å². The summed E-state index contributed by atoms with van der Waals surface area (Å²) >= 11 is 1.58. The number of amides is 1. The Hall–Kier alpha value is -1.74. The minimum absolute atomic E-state index is 0.0205. The van der Waals surface area contributed by atoms with Crippen molar-refractivity contribution in [1.82, 2.24) is 14.5 Å². The highest BCUT2D eigenvalue weighted by Gasteiger charge is 2.34. The molecule has 0 saturated carbocycles. The van der Waals surface area contributed by atoms with E-state index >= 15 is 0 Å². The summed E-state index contributed by atoms with van der Waals surface area (Å²) in [6.45, 7) is 2.47. The third kappa shape index (κ3) is 3.61. The molecule has 9 heteroatoms. The normalized spacial score (nSPS) is 20.5. The highest BCUT2D eigenvalue weighted by molar-refractivity contribution is 7.91. The summed E-state index contributed by atoms with van der Waals surface area (Å²) in [4.78, 5) is 34.1. The minimum Gasteiger partial charge on any atom is -0.337 e. The molecule has 0 spiro atoms. The lowest BCUT2D eigenvalue weighted by molar-refractivity contribution is -0.133. The molecule has 1 unspecified atom stereocenters. The maximum atomic E-state index is 13.0. The molecule has 1 amide bonds. The molecule has 2 aromatic rings. The fourth-order valence-electron chi connectivity index (χ4n) is 4.23. The van der Waals surface area contributed by atoms with E-state index in [9.17, 15) is 18.0 Å². The molecule has 3 heterocycles. The second-order valence-electron chi connectivity index (χ2n) is 7.71. The molecule has 1 aliphatic heterocycles. The van der Waals surface area contributed by atoms with Crippen LogP contribution in [0.3, 0.4) is 0 Å². The minimum atomic E-state index is -3.08. The van der Waals surface area contributed by atoms with E-state index in [2.05, 4.69) is 4.98 Å². The van der Waals surface area contributed by atoms with Gasteiger partial charge in [-0.25, -0.2) is 13.4 Å². The monoisotopic (exact) mass is 423 g/mol. The van der Waals surface area contributed by atoms with Crippen molar-refractivity contribution in [2.75, 3.05) is 18.1 Å². The molecular formula is C19H25N3O4S2. The van der Waals surface area contributed by atoms with E-state index in [-0.39, 0.29) is 35.6 Å². The van der Waals surface area contributed by atoms with Crippen molar-refractivity contribution in [2.24, 2.45) is 0 Å². The van der Waals surface area contributed by atoms with Crippen LogP contribution in [0.25, 0.3) is 10.2 Å². The van der Waals surface area contributed by atoms with Gasteiger partial charge in [-0.1, -0.05) is 13.3 Å². The molecule has 1 fully saturated rings. The maximum Gasteiger partial charge on any atom is 0.262 e. The maximum absolute atomic E-state index is 13.0. The van der Waals surface area contributed by atoms with Gasteiger partial charge in [0.25, 0.3) is 5.56 Å². The molecule has 2 aromatic heterocycles. The molecule has 0 N–H and O–H groups in total. The van der Waals surface area contributed by atoms with Gasteiger partial charge in [-0.3, -0.25) is 14.2 Å². The first kappa shape index (κ1) is 19.6. The zero-order chi connectivity index (χ0) is 19.9. The molecule has 0 bridgehead atoms. The highest BCUT2D eigenvalue weighted by atomic mass is 32.2. The second kappa shape index (κ2) is 7.59. The number of rotatable bonds is 6. The lowest BCUT2D eigenvalue weighted by atomic mass is 10.2. The first-order valence-electron chi connectivity index (χ1n) is 9.89. The van der Waals surface area contributed by atoms with Crippen LogP contribution in [0, 0.1) is 0 Å². The smallest absolute Gasteiger partial charge is 0.262 e. The molecular weight excluding hydrogens is 398 g/mol. The molecule has 152 valence electrons. The van der Waals surface area contributed by atoms with Crippen LogP contribution < -0.4 is 5.56 Å². The Morgan fingerprint density at radius 2 is 2.21 bits per heavy atom. The van der Waals surface area contributed by atoms with Gasteiger partial charge in [-0.15, -0.1) is 11.3 Å². The Balaban J connectivity index is 1.60. The number of aryl methyl sites for hydroxylation is 2. The van der Waals surface area contributed by atoms with Crippen LogP contribution in [0.15, 0.2) is 11.1 Å². The molecule has 0 radical (unpaired) electrons. The van der Waals surface area contributed by atoms with Crippen LogP contribution in [0.4, 0.5) is 0 Å². The third-order valence-corrected chi connectivity index (χ3v) is 8.67. The molecule has 1 atom stereocenters. The van der Waals surface area contributed by atoms with Crippen molar-refractivity contribution in [1.29, 1.82) is 0 Å². The first-order valence-corrected chi connectivity index (χ1v) is 12.5. The number of hydrogen-bond acceptors (Lipinski definition) is 6. The van der Waals surface area contributed by atoms with Crippen LogP contribution in [-0.4, -0.2) is 52.9 Å². The molecule has 0 aromatic carbocycles. The van der Waals surface area contributed by atoms with Gasteiger partial charge in [0.05, 0.1) is 23.2 Å². The molecule has 2 aliphatic rings. The quantitative estimate of drug-likeness (QED) is 0.706. The Labute approximate surface area is 168 Å². The standard InChI is InChI=1S/C19H25N3O4S2/c1-2-3-8-22(13-7-9-28(25,26)11-13)16(23)10-21-12-20-18-17(19(21)24)14-5-4-6-15(14)27-18/h12-13H,2-11H2,1H3. The van der Waals surface area contributed by atoms with E-state index in [1.54, 1.807) is 16.2 Å². The number of carbonyl (C=O) groups excluding carboxylic acids is 1. The summed E-state index contributed by atoms with van der Waals surface area (Å²) in [7, 11) is -3.08. The zero-order valence-corrected chi connectivity index (χ0v) is 17.6. The van der Waals surface area contributed by atoms with Crippen LogP contribution in [0.1, 0.15) is 43.0 Å². The van der Waals surface area contributed by atoms with Gasteiger partial charge in [0.1, 0.15) is 11.4 Å². The van der Waals surface area contributed by atoms with E-state index in [0.717, 1.165) is 42.5 Å². The molecule has 4 rings (SSSR count). The van der Waals surface area contributed by atoms with Crippen molar-refractivity contribution in [3.05, 3.63) is 27.1 Å². The average Bonchev–Trinajstić information content (AvgIpc) is 3.32. The molecule has 28 heavy (non-hydrogen) atoms. The number of sulfone groups is 1. The Kier molecular flexibility index (Phi) is 5.30. The summed E-state index contributed by atoms with van der Waals surface area (Å²) in [6.07, 6.45) is 6.61. The van der Waals surface area contributed by atoms with E-state index in [4.69, 9.17) is 0 Å². The largest absolute Gasteiger partial charge is 0.337 e. The van der Waals surface area contributed by atoms with E-state index in [0.29, 0.717) is 18.4 Å². The van der Waals surface area contributed by atoms with Crippen molar-refractivity contribution in [3.8, 4) is 0 Å². The average molecular weight is 424 g/mol. The fourth-order valence-corrected chi connectivity index (χ4v) is 7.18. The molecule has 7 nitrogen and oxygen atoms in total. The predicted molar refractivity (Wildman–Crippen MR) is 110 cm³/mol. The van der Waals surface area contributed by atoms with Crippen LogP contribution in [-0.2, 0) is 34.0 Å². The summed E-state index contributed by atoms with van der Waals surface area (Å²) in [5, 5.41) is 0.663. The number of carbonyl (C=O) groups is 1. The fraction of sp³-hybridized carbons (Fsp3) is 0.632. The number of unbranched alkanes of at least 4 members (excludes halogenated alkanes) is 1. The van der Waals surface area contributed by atoms with Gasteiger partial charge in [0.15, 0.2) is 9.84 Å². The SMILES string of the molecule is CCCCN(C(=O)Cn1cnc2sc3c(c2c1=O)CCC3)C1CCS(=O)(=O)C1. The number of nitrogens with zero attached hydrogens (tertiary/aromatic N) is 3. The van der Waals surface area contributed by atoms with Gasteiger partial charge >= 0.3 is 0 Å². The zero-order valence-electron chi connectivity index (χ0n) is 16.0. The van der Waals surface area contributed by atoms with Gasteiger partial charge in [0, 0.05) is 17.5 Å². The Morgan fingerprint density at radius 1 is 1.39 bits per heavy atom. The molecule has 1 aliphatic carbocycles. The topological polar surface area (TPSA) is 89.3 Å². The predicted octanol–water partition coefficient (Wildman–Crippen LogP) is 1.76. The Bertz CT molecular complexity index is 1070. The van der Waals surface area contributed by atoms with Gasteiger partial charge < -0.3 is 4.90 Å². The van der Waals surface area contributed by atoms with Gasteiger partial charge in [0.2, 0.25) is 5.91 Å². The van der Waals surface area contributed by atoms with Crippen molar-refractivity contribution >= 4 is 37.3 Å². The third-order valence-electron chi connectivity index (χ3n) is 5.72. The summed E-state index contributed by atoms with van der Waals surface area (Å²) in [6, 6.07) is -0.290. The lowest BCUT2D eigenvalue weighted by Crippen LogP contribution is -2.44. The number of fused-ring (bicyclic) bond motifs is 3. The van der Waals surface area contributed by atoms with Crippen LogP contribution >= 0.6 is 11.3 Å². The number of hydrogen-bond donors (Lipinski definition) is 0. The summed E-state index contributed by atoms with van der Waals surface area (Å²) in [5.41, 5.74) is 0.941. The van der Waals surface area contributed by atoms with E-state index in [1.807, 2.05) is 6.92 Å². The molecule has 1 saturated heterocycles. The van der Waals surface area contributed by atoms with Crippen molar-refractivity contribution in [3.63, 3.8) is 0 Å².